The second-order valence-corrected chi connectivity index (χ2v) is 20.9. The molecule has 0 saturated carbocycles. The maximum absolute atomic E-state index is 15.0. The van der Waals surface area contributed by atoms with Crippen molar-refractivity contribution in [2.45, 2.75) is 125 Å². The summed E-state index contributed by atoms with van der Waals surface area (Å²) < 4.78 is 641. The fraction of sp³-hybridized carbons (Fsp3) is 0.571. The van der Waals surface area contributed by atoms with Crippen molar-refractivity contribution in [2.24, 2.45) is 0 Å². The van der Waals surface area contributed by atoms with Crippen molar-refractivity contribution in [3.05, 3.63) is 72.8 Å². The van der Waals surface area contributed by atoms with Crippen molar-refractivity contribution in [2.75, 3.05) is 19.8 Å². The van der Waals surface area contributed by atoms with Crippen molar-refractivity contribution in [1.82, 2.24) is 0 Å². The van der Waals surface area contributed by atoms with Crippen LogP contribution in [0.25, 0.3) is 0 Å². The SMILES string of the molecule is O=P(c1ccc(OCC(F)(F)C(F)(F)C(F)(F)C(F)(F)C(F)(F)C(F)(F)C(F)(F)F)cc1)(c1ccc(OCC(F)(F)C(F)(F)C(F)(F)C(F)(F)C(F)(F)C(F)(F)C(F)(F)F)cc1)c1ccc(OCC(F)(F)C(F)(F)C(F)(F)C(F)(F)C(F)(F)C(F)(F)C(F)(F)F)cc1. The smallest absolute Gasteiger partial charge is 0.460 e. The third kappa shape index (κ3) is 11.8. The van der Waals surface area contributed by atoms with E-state index in [9.17, 15) is 202 Å². The highest BCUT2D eigenvalue weighted by Gasteiger charge is 2.96. The summed E-state index contributed by atoms with van der Waals surface area (Å²) in [6.07, 6.45) is -24.0. The lowest BCUT2D eigenvalue weighted by Gasteiger charge is -2.41. The molecule has 0 atom stereocenters. The Hall–Kier alpha value is -5.86. The number of halogens is 45. The second-order valence-electron chi connectivity index (χ2n) is 18.2. The third-order valence-electron chi connectivity index (χ3n) is 12.0. The lowest BCUT2D eigenvalue weighted by molar-refractivity contribution is -0.453. The first-order chi connectivity index (χ1) is 40.1. The van der Waals surface area contributed by atoms with Gasteiger partial charge in [-0.1, -0.05) is 0 Å². The first-order valence-corrected chi connectivity index (χ1v) is 23.6. The summed E-state index contributed by atoms with van der Waals surface area (Å²) in [6.45, 7) is -10.8. The molecule has 0 spiro atoms. The maximum Gasteiger partial charge on any atom is 0.460 e. The van der Waals surface area contributed by atoms with E-state index in [0.29, 0.717) is 0 Å². The van der Waals surface area contributed by atoms with Gasteiger partial charge < -0.3 is 18.8 Å². The number of hydrogen-bond acceptors (Lipinski definition) is 4. The Morgan fingerprint density at radius 3 is 0.478 bits per heavy atom. The Balaban J connectivity index is 2.17. The molecule has 50 heteroatoms. The first-order valence-electron chi connectivity index (χ1n) is 21.9. The molecule has 0 radical (unpaired) electrons. The Labute approximate surface area is 474 Å². The maximum atomic E-state index is 15.0. The van der Waals surface area contributed by atoms with E-state index in [0.717, 1.165) is 0 Å². The molecule has 0 fully saturated rings. The van der Waals surface area contributed by atoms with Gasteiger partial charge in [0.25, 0.3) is 0 Å². The summed E-state index contributed by atoms with van der Waals surface area (Å²) in [5, 5.41) is -3.52. The number of hydrogen-bond donors (Lipinski definition) is 0. The van der Waals surface area contributed by atoms with Crippen LogP contribution in [0.5, 0.6) is 17.2 Å². The van der Waals surface area contributed by atoms with Crippen molar-refractivity contribution < 1.29 is 216 Å². The number of ether oxygens (including phenoxy) is 3. The van der Waals surface area contributed by atoms with Crippen LogP contribution in [0.2, 0.25) is 0 Å². The van der Waals surface area contributed by atoms with Crippen molar-refractivity contribution in [3.63, 3.8) is 0 Å². The van der Waals surface area contributed by atoms with Crippen molar-refractivity contribution in [3.8, 4) is 17.2 Å². The predicted octanol–water partition coefficient (Wildman–Crippen LogP) is 17.6. The molecule has 0 bridgehead atoms. The molecule has 0 aromatic heterocycles. The highest BCUT2D eigenvalue weighted by Crippen LogP contribution is 2.66. The minimum absolute atomic E-state index is 0.0562. The molecule has 0 N–H and O–H groups in total. The largest absolute Gasteiger partial charge is 0.487 e. The van der Waals surface area contributed by atoms with Crippen LogP contribution in [0.1, 0.15) is 0 Å². The summed E-state index contributed by atoms with van der Waals surface area (Å²) in [6, 6.07) is 0.181. The number of alkyl halides is 45. The molecule has 3 aromatic rings. The summed E-state index contributed by atoms with van der Waals surface area (Å²) in [5.41, 5.74) is 0. The molecule has 0 heterocycles. The zero-order chi connectivity index (χ0) is 73.2. The van der Waals surface area contributed by atoms with Crippen LogP contribution in [0.15, 0.2) is 72.8 Å². The normalized spacial score (nSPS) is 15.8. The Morgan fingerprint density at radius 1 is 0.207 bits per heavy atom. The number of benzene rings is 3. The van der Waals surface area contributed by atoms with E-state index in [-0.39, 0.29) is 72.8 Å². The monoisotopic (exact) mass is 1470 g/mol. The minimum atomic E-state index is -8.81. The molecule has 0 saturated heterocycles. The van der Waals surface area contributed by atoms with Gasteiger partial charge in [-0.25, -0.2) is 0 Å². The van der Waals surface area contributed by atoms with Crippen LogP contribution in [-0.2, 0) is 4.57 Å². The van der Waals surface area contributed by atoms with Gasteiger partial charge >= 0.3 is 125 Å². The van der Waals surface area contributed by atoms with Crippen molar-refractivity contribution in [1.29, 1.82) is 0 Å². The van der Waals surface area contributed by atoms with Gasteiger partial charge in [0.05, 0.1) is 0 Å². The lowest BCUT2D eigenvalue weighted by atomic mass is 9.91. The predicted molar refractivity (Wildman–Crippen MR) is 210 cm³/mol. The topological polar surface area (TPSA) is 44.8 Å². The van der Waals surface area contributed by atoms with Crippen LogP contribution < -0.4 is 30.1 Å². The fourth-order valence-electron chi connectivity index (χ4n) is 6.50. The Kier molecular flexibility index (Phi) is 20.0. The van der Waals surface area contributed by atoms with Crippen LogP contribution in [0.4, 0.5) is 198 Å². The van der Waals surface area contributed by atoms with Crippen molar-refractivity contribution >= 4 is 23.1 Å². The third-order valence-corrected chi connectivity index (χ3v) is 15.1. The van der Waals surface area contributed by atoms with Crippen LogP contribution in [-0.4, -0.2) is 145 Å². The molecular weight excluding hydrogens is 1450 g/mol. The quantitative estimate of drug-likeness (QED) is 0.0564. The van der Waals surface area contributed by atoms with Crippen LogP contribution in [0.3, 0.4) is 0 Å². The van der Waals surface area contributed by atoms with E-state index in [1.807, 2.05) is 0 Å². The van der Waals surface area contributed by atoms with Gasteiger partial charge in [-0.2, -0.15) is 198 Å². The molecule has 0 aliphatic rings. The number of rotatable bonds is 27. The zero-order valence-electron chi connectivity index (χ0n) is 41.6. The van der Waals surface area contributed by atoms with Gasteiger partial charge in [-0.3, -0.25) is 0 Å². The van der Waals surface area contributed by atoms with Gasteiger partial charge in [-0.05, 0) is 72.8 Å². The summed E-state index contributed by atoms with van der Waals surface area (Å²) >= 11 is 0. The average Bonchev–Trinajstić information content (AvgIpc) is 0.716. The van der Waals surface area contributed by atoms with Crippen LogP contribution >= 0.6 is 7.14 Å². The Bertz CT molecular complexity index is 2770. The molecule has 0 aliphatic heterocycles. The van der Waals surface area contributed by atoms with Gasteiger partial charge in [0.2, 0.25) is 0 Å². The average molecular weight is 1470 g/mol. The summed E-state index contributed by atoms with van der Waals surface area (Å²) in [5.74, 6) is -155. The molecule has 92 heavy (non-hydrogen) atoms. The van der Waals surface area contributed by atoms with Crippen LogP contribution in [0, 0.1) is 0 Å². The summed E-state index contributed by atoms with van der Waals surface area (Å²) in [7, 11) is -5.47. The van der Waals surface area contributed by atoms with Gasteiger partial charge in [-0.15, -0.1) is 0 Å². The Morgan fingerprint density at radius 2 is 0.337 bits per heavy atom. The second kappa shape index (κ2) is 22.9. The molecule has 530 valence electrons. The molecule has 4 nitrogen and oxygen atoms in total. The minimum Gasteiger partial charge on any atom is -0.487 e. The van der Waals surface area contributed by atoms with E-state index < -0.39 is 185 Å². The molecule has 0 amide bonds. The fourth-order valence-corrected chi connectivity index (χ4v) is 9.10. The van der Waals surface area contributed by atoms with E-state index in [1.54, 1.807) is 0 Å². The summed E-state index contributed by atoms with van der Waals surface area (Å²) in [4.78, 5) is 0. The first kappa shape index (κ1) is 80.4. The zero-order valence-corrected chi connectivity index (χ0v) is 42.5. The standard InChI is InChI=1S/C42H18F45O4P/c43-22(44,25(49,50)28(55,56)31(61,62)34(67,68)37(73,74)40(79,80)81)13-89-16-1-7-19(8-2-16)92(88,20-9-3-17(4-10-20)90-14-23(45,46)26(51,52)29(57,58)32(63,64)35(69,70)38(75,76)41(82,83)84)21-11-5-18(6-12-21)91-15-24(47,48)27(53,54)30(59,60)33(65,66)36(71,72)39(77,78)42(85,86)87/h1-12H,13-15H2. The van der Waals surface area contributed by atoms with Gasteiger partial charge in [0.1, 0.15) is 17.2 Å². The molecule has 3 rings (SSSR count). The molecule has 3 aromatic carbocycles. The molecule has 0 aliphatic carbocycles. The van der Waals surface area contributed by atoms with E-state index in [2.05, 4.69) is 14.2 Å². The lowest BCUT2D eigenvalue weighted by Crippen LogP contribution is -2.73. The molecule has 0 unspecified atom stereocenters. The van der Waals surface area contributed by atoms with Gasteiger partial charge in [0.15, 0.2) is 27.0 Å². The highest BCUT2D eigenvalue weighted by atomic mass is 31.2. The van der Waals surface area contributed by atoms with Gasteiger partial charge in [0, 0.05) is 15.9 Å². The van der Waals surface area contributed by atoms with E-state index in [4.69, 9.17) is 0 Å². The highest BCUT2D eigenvalue weighted by molar-refractivity contribution is 7.85. The molecular formula is C42H18F45O4P. The van der Waals surface area contributed by atoms with E-state index in [1.165, 1.54) is 0 Å². The van der Waals surface area contributed by atoms with E-state index >= 15 is 0 Å².